The Morgan fingerprint density at radius 2 is 1.83 bits per heavy atom. The number of rotatable bonds is 4. The molecule has 2 aliphatic heterocycles. The second-order valence-electron chi connectivity index (χ2n) is 7.81. The Morgan fingerprint density at radius 1 is 1.25 bits per heavy atom. The highest BCUT2D eigenvalue weighted by atomic mass is 16.6. The number of ether oxygens (including phenoxy) is 1. The van der Waals surface area contributed by atoms with Crippen molar-refractivity contribution in [3.63, 3.8) is 0 Å². The molecule has 2 saturated heterocycles. The SMILES string of the molecule is CC(C)(C)OC(=O)N[C@H](CC(N)=O)C(=O)N1CC2(CCNCC2)C1. The maximum Gasteiger partial charge on any atom is 0.408 e. The minimum Gasteiger partial charge on any atom is -0.444 e. The van der Waals surface area contributed by atoms with Crippen molar-refractivity contribution in [3.05, 3.63) is 0 Å². The molecule has 3 amide bonds. The van der Waals surface area contributed by atoms with E-state index in [-0.39, 0.29) is 17.7 Å². The van der Waals surface area contributed by atoms with E-state index in [4.69, 9.17) is 10.5 Å². The van der Waals surface area contributed by atoms with E-state index in [1.54, 1.807) is 25.7 Å². The molecule has 0 unspecified atom stereocenters. The largest absolute Gasteiger partial charge is 0.444 e. The predicted molar refractivity (Wildman–Crippen MR) is 88.1 cm³/mol. The van der Waals surface area contributed by atoms with Gasteiger partial charge in [-0.25, -0.2) is 4.79 Å². The molecule has 4 N–H and O–H groups in total. The average Bonchev–Trinajstić information content (AvgIpc) is 2.41. The first-order valence-corrected chi connectivity index (χ1v) is 8.38. The predicted octanol–water partition coefficient (Wildman–Crippen LogP) is -0.0329. The number of amides is 3. The Morgan fingerprint density at radius 3 is 2.33 bits per heavy atom. The summed E-state index contributed by atoms with van der Waals surface area (Å²) in [6, 6.07) is -0.976. The quantitative estimate of drug-likeness (QED) is 0.665. The summed E-state index contributed by atoms with van der Waals surface area (Å²) in [4.78, 5) is 37.5. The van der Waals surface area contributed by atoms with Gasteiger partial charge >= 0.3 is 6.09 Å². The highest BCUT2D eigenvalue weighted by Gasteiger charge is 2.47. The van der Waals surface area contributed by atoms with Gasteiger partial charge in [-0.05, 0) is 46.7 Å². The van der Waals surface area contributed by atoms with Crippen LogP contribution in [-0.2, 0) is 14.3 Å². The molecule has 0 aromatic carbocycles. The molecule has 1 spiro atoms. The van der Waals surface area contributed by atoms with Crippen LogP contribution in [0.2, 0.25) is 0 Å². The van der Waals surface area contributed by atoms with Gasteiger partial charge in [0.1, 0.15) is 11.6 Å². The molecule has 1 atom stereocenters. The van der Waals surface area contributed by atoms with E-state index in [2.05, 4.69) is 10.6 Å². The number of primary amides is 1. The number of hydrogen-bond acceptors (Lipinski definition) is 5. The molecule has 0 saturated carbocycles. The Bertz CT molecular complexity index is 501. The lowest BCUT2D eigenvalue weighted by Crippen LogP contribution is -2.65. The number of alkyl carbamates (subject to hydrolysis) is 1. The molecule has 2 rings (SSSR count). The van der Waals surface area contributed by atoms with Gasteiger partial charge in [-0.2, -0.15) is 0 Å². The molecule has 2 heterocycles. The minimum atomic E-state index is -0.976. The zero-order valence-electron chi connectivity index (χ0n) is 14.7. The van der Waals surface area contributed by atoms with Gasteiger partial charge in [0, 0.05) is 18.5 Å². The van der Waals surface area contributed by atoms with Crippen LogP contribution in [-0.4, -0.2) is 60.6 Å². The molecular formula is C16H28N4O4. The molecule has 8 heteroatoms. The Kier molecular flexibility index (Phi) is 5.37. The van der Waals surface area contributed by atoms with Crippen molar-refractivity contribution in [1.82, 2.24) is 15.5 Å². The zero-order chi connectivity index (χ0) is 18.0. The van der Waals surface area contributed by atoms with E-state index < -0.39 is 23.6 Å². The number of nitrogens with zero attached hydrogens (tertiary/aromatic N) is 1. The van der Waals surface area contributed by atoms with Crippen molar-refractivity contribution in [2.75, 3.05) is 26.2 Å². The number of carbonyl (C=O) groups is 3. The van der Waals surface area contributed by atoms with E-state index in [1.165, 1.54) is 0 Å². The molecule has 0 radical (unpaired) electrons. The molecule has 24 heavy (non-hydrogen) atoms. The molecule has 0 aliphatic carbocycles. The third-order valence-electron chi connectivity index (χ3n) is 4.42. The topological polar surface area (TPSA) is 114 Å². The first kappa shape index (κ1) is 18.5. The molecule has 2 fully saturated rings. The van der Waals surface area contributed by atoms with Crippen molar-refractivity contribution < 1.29 is 19.1 Å². The molecule has 136 valence electrons. The summed E-state index contributed by atoms with van der Waals surface area (Å²) < 4.78 is 5.16. The molecule has 0 aromatic rings. The number of hydrogen-bond donors (Lipinski definition) is 3. The second-order valence-corrected chi connectivity index (χ2v) is 7.81. The first-order chi connectivity index (χ1) is 11.1. The molecular weight excluding hydrogens is 312 g/mol. The normalized spacial score (nSPS) is 20.9. The second kappa shape index (κ2) is 6.96. The van der Waals surface area contributed by atoms with E-state index in [0.29, 0.717) is 13.1 Å². The number of likely N-dealkylation sites (tertiary alicyclic amines) is 1. The van der Waals surface area contributed by atoms with E-state index in [1.807, 2.05) is 0 Å². The van der Waals surface area contributed by atoms with Crippen molar-refractivity contribution in [2.24, 2.45) is 11.1 Å². The van der Waals surface area contributed by atoms with E-state index in [9.17, 15) is 14.4 Å². The van der Waals surface area contributed by atoms with E-state index >= 15 is 0 Å². The monoisotopic (exact) mass is 340 g/mol. The maximum absolute atomic E-state index is 12.6. The third-order valence-corrected chi connectivity index (χ3v) is 4.42. The van der Waals surface area contributed by atoms with E-state index in [0.717, 1.165) is 25.9 Å². The van der Waals surface area contributed by atoms with Gasteiger partial charge in [-0.15, -0.1) is 0 Å². The highest BCUT2D eigenvalue weighted by Crippen LogP contribution is 2.38. The molecule has 0 bridgehead atoms. The number of piperidine rings is 1. The van der Waals surface area contributed by atoms with Crippen LogP contribution in [0.3, 0.4) is 0 Å². The Balaban J connectivity index is 1.93. The highest BCUT2D eigenvalue weighted by molar-refractivity contribution is 5.91. The minimum absolute atomic E-state index is 0.185. The fourth-order valence-corrected chi connectivity index (χ4v) is 3.26. The smallest absolute Gasteiger partial charge is 0.408 e. The standard InChI is InChI=1S/C16H28N4O4/c1-15(2,3)24-14(23)19-11(8-12(17)21)13(22)20-9-16(10-20)4-6-18-7-5-16/h11,18H,4-10H2,1-3H3,(H2,17,21)(H,19,23)/t11-/m1/s1. The van der Waals surface area contributed by atoms with Gasteiger partial charge in [0.2, 0.25) is 11.8 Å². The number of nitrogens with one attached hydrogen (secondary N) is 2. The van der Waals surface area contributed by atoms with Gasteiger partial charge < -0.3 is 26.0 Å². The van der Waals surface area contributed by atoms with Crippen molar-refractivity contribution in [1.29, 1.82) is 0 Å². The van der Waals surface area contributed by atoms with Crippen LogP contribution in [0.15, 0.2) is 0 Å². The lowest BCUT2D eigenvalue weighted by atomic mass is 9.72. The Labute approximate surface area is 142 Å². The lowest BCUT2D eigenvalue weighted by Gasteiger charge is -2.53. The molecule has 8 nitrogen and oxygen atoms in total. The van der Waals surface area contributed by atoms with Crippen LogP contribution >= 0.6 is 0 Å². The Hall–Kier alpha value is -1.83. The number of nitrogens with two attached hydrogens (primary N) is 1. The van der Waals surface area contributed by atoms with Crippen LogP contribution in [0.4, 0.5) is 4.79 Å². The van der Waals surface area contributed by atoms with Gasteiger partial charge in [-0.3, -0.25) is 9.59 Å². The maximum atomic E-state index is 12.6. The van der Waals surface area contributed by atoms with Crippen LogP contribution < -0.4 is 16.4 Å². The summed E-state index contributed by atoms with van der Waals surface area (Å²) in [6.07, 6.45) is 1.12. The van der Waals surface area contributed by atoms with Crippen molar-refractivity contribution in [3.8, 4) is 0 Å². The summed E-state index contributed by atoms with van der Waals surface area (Å²) in [5, 5.41) is 5.79. The van der Waals surface area contributed by atoms with Crippen LogP contribution in [0, 0.1) is 5.41 Å². The van der Waals surface area contributed by atoms with Crippen molar-refractivity contribution >= 4 is 17.9 Å². The summed E-state index contributed by atoms with van der Waals surface area (Å²) in [6.45, 7) is 8.44. The van der Waals surface area contributed by atoms with Gasteiger partial charge in [0.25, 0.3) is 0 Å². The fraction of sp³-hybridized carbons (Fsp3) is 0.812. The van der Waals surface area contributed by atoms with Gasteiger partial charge in [0.05, 0.1) is 6.42 Å². The number of carbonyl (C=O) groups excluding carboxylic acids is 3. The van der Waals surface area contributed by atoms with Crippen LogP contribution in [0.1, 0.15) is 40.0 Å². The van der Waals surface area contributed by atoms with Gasteiger partial charge in [-0.1, -0.05) is 0 Å². The van der Waals surface area contributed by atoms with Crippen LogP contribution in [0.25, 0.3) is 0 Å². The summed E-state index contributed by atoms with van der Waals surface area (Å²) in [7, 11) is 0. The summed E-state index contributed by atoms with van der Waals surface area (Å²) in [5.41, 5.74) is 4.72. The summed E-state index contributed by atoms with van der Waals surface area (Å²) in [5.74, 6) is -0.912. The molecule has 0 aromatic heterocycles. The van der Waals surface area contributed by atoms with Crippen LogP contribution in [0.5, 0.6) is 0 Å². The molecule has 2 aliphatic rings. The average molecular weight is 340 g/mol. The fourth-order valence-electron chi connectivity index (χ4n) is 3.26. The zero-order valence-corrected chi connectivity index (χ0v) is 14.7. The lowest BCUT2D eigenvalue weighted by molar-refractivity contribution is -0.148. The first-order valence-electron chi connectivity index (χ1n) is 8.38. The summed E-state index contributed by atoms with van der Waals surface area (Å²) >= 11 is 0. The van der Waals surface area contributed by atoms with Gasteiger partial charge in [0.15, 0.2) is 0 Å². The van der Waals surface area contributed by atoms with Crippen molar-refractivity contribution in [2.45, 2.75) is 51.7 Å². The third kappa shape index (κ3) is 4.83.